The Morgan fingerprint density at radius 3 is 2.65 bits per heavy atom. The van der Waals surface area contributed by atoms with Gasteiger partial charge in [0, 0.05) is 48.9 Å². The van der Waals surface area contributed by atoms with Crippen LogP contribution in [-0.2, 0) is 10.9 Å². The van der Waals surface area contributed by atoms with Crippen LogP contribution in [0.3, 0.4) is 0 Å². The predicted molar refractivity (Wildman–Crippen MR) is 112 cm³/mol. The first kappa shape index (κ1) is 21.6. The number of anilines is 1. The average molecular weight is 433 g/mol. The largest absolute Gasteiger partial charge is 0.416 e. The molecule has 3 atom stereocenters. The van der Waals surface area contributed by atoms with Crippen molar-refractivity contribution >= 4 is 11.6 Å². The first-order chi connectivity index (χ1) is 14.9. The van der Waals surface area contributed by atoms with E-state index in [0.717, 1.165) is 18.9 Å². The molecule has 1 amide bonds. The van der Waals surface area contributed by atoms with Gasteiger partial charge in [-0.05, 0) is 43.2 Å². The number of carbonyl (C=O) groups excluding carboxylic acids is 1. The number of nitrogens with one attached hydrogen (secondary N) is 1. The Balaban J connectivity index is 1.53. The van der Waals surface area contributed by atoms with Crippen LogP contribution < -0.4 is 11.1 Å². The molecule has 3 unspecified atom stereocenters. The molecule has 5 nitrogen and oxygen atoms in total. The number of hydrogen-bond donors (Lipinski definition) is 2. The zero-order valence-corrected chi connectivity index (χ0v) is 17.1. The van der Waals surface area contributed by atoms with Crippen molar-refractivity contribution in [2.45, 2.75) is 31.2 Å². The molecule has 0 saturated carbocycles. The summed E-state index contributed by atoms with van der Waals surface area (Å²) in [6.07, 6.45) is -3.55. The number of rotatable bonds is 5. The highest BCUT2D eigenvalue weighted by Gasteiger charge is 2.39. The van der Waals surface area contributed by atoms with E-state index in [1.807, 2.05) is 6.07 Å². The molecule has 0 aromatic heterocycles. The minimum atomic E-state index is -4.41. The van der Waals surface area contributed by atoms with Gasteiger partial charge in [0.15, 0.2) is 0 Å². The van der Waals surface area contributed by atoms with Gasteiger partial charge in [0.25, 0.3) is 5.91 Å². The molecule has 4 rings (SSSR count). The van der Waals surface area contributed by atoms with E-state index in [4.69, 9.17) is 10.5 Å². The van der Waals surface area contributed by atoms with Crippen molar-refractivity contribution in [2.75, 3.05) is 31.5 Å². The third-order valence-corrected chi connectivity index (χ3v) is 6.00. The molecule has 8 heteroatoms. The van der Waals surface area contributed by atoms with Crippen LogP contribution in [0.2, 0.25) is 0 Å². The first-order valence-electron chi connectivity index (χ1n) is 10.5. The third kappa shape index (κ3) is 4.70. The van der Waals surface area contributed by atoms with Gasteiger partial charge in [0.1, 0.15) is 0 Å². The van der Waals surface area contributed by atoms with Gasteiger partial charge in [0.2, 0.25) is 0 Å². The topological polar surface area (TPSA) is 67.6 Å². The second kappa shape index (κ2) is 8.88. The molecule has 0 aliphatic carbocycles. The van der Waals surface area contributed by atoms with Crippen molar-refractivity contribution in [3.63, 3.8) is 0 Å². The van der Waals surface area contributed by atoms with Crippen LogP contribution in [0, 0.1) is 5.92 Å². The van der Waals surface area contributed by atoms with Gasteiger partial charge in [-0.15, -0.1) is 0 Å². The van der Waals surface area contributed by atoms with E-state index in [9.17, 15) is 18.0 Å². The number of nitrogens with two attached hydrogens (primary N) is 1. The molecular formula is C23H26F3N3O2. The molecule has 0 radical (unpaired) electrons. The maximum atomic E-state index is 13.2. The smallest absolute Gasteiger partial charge is 0.384 e. The van der Waals surface area contributed by atoms with Crippen LogP contribution in [0.25, 0.3) is 0 Å². The van der Waals surface area contributed by atoms with Crippen molar-refractivity contribution in [2.24, 2.45) is 11.7 Å². The van der Waals surface area contributed by atoms with Crippen molar-refractivity contribution in [3.05, 3.63) is 65.2 Å². The summed E-state index contributed by atoms with van der Waals surface area (Å²) in [5, 5.41) is 3.23. The van der Waals surface area contributed by atoms with Crippen LogP contribution in [0.1, 0.15) is 40.4 Å². The van der Waals surface area contributed by atoms with Crippen LogP contribution in [0.4, 0.5) is 18.9 Å². The van der Waals surface area contributed by atoms with E-state index >= 15 is 0 Å². The van der Waals surface area contributed by atoms with Gasteiger partial charge in [-0.1, -0.05) is 18.2 Å². The molecule has 2 heterocycles. The van der Waals surface area contributed by atoms with E-state index < -0.39 is 17.8 Å². The number of carbonyl (C=O) groups is 1. The number of fused-ring (bicyclic) bond motifs is 3. The molecule has 1 saturated heterocycles. The lowest BCUT2D eigenvalue weighted by Gasteiger charge is -2.42. The summed E-state index contributed by atoms with van der Waals surface area (Å²) in [4.78, 5) is 14.6. The molecule has 3 N–H and O–H groups in total. The summed E-state index contributed by atoms with van der Waals surface area (Å²) in [7, 11) is 0. The fraction of sp³-hybridized carbons (Fsp3) is 0.435. The summed E-state index contributed by atoms with van der Waals surface area (Å²) >= 11 is 0. The van der Waals surface area contributed by atoms with E-state index in [2.05, 4.69) is 5.32 Å². The van der Waals surface area contributed by atoms with Gasteiger partial charge < -0.3 is 20.7 Å². The lowest BCUT2D eigenvalue weighted by molar-refractivity contribution is -0.138. The van der Waals surface area contributed by atoms with Crippen molar-refractivity contribution in [1.82, 2.24) is 4.90 Å². The Hall–Kier alpha value is -2.58. The number of hydrogen-bond acceptors (Lipinski definition) is 4. The summed E-state index contributed by atoms with van der Waals surface area (Å²) < 4.78 is 46.1. The van der Waals surface area contributed by atoms with Crippen molar-refractivity contribution in [1.29, 1.82) is 0 Å². The van der Waals surface area contributed by atoms with Crippen LogP contribution in [0.15, 0.2) is 48.5 Å². The molecule has 2 aliphatic heterocycles. The number of benzene rings is 2. The number of amides is 1. The Labute approximate surface area is 179 Å². The quantitative estimate of drug-likeness (QED) is 0.746. The first-order valence-corrected chi connectivity index (χ1v) is 10.5. The SMILES string of the molecule is NCCN(CC1CCC2CNc3ccc(C(F)(F)F)cc3C2O1)C(=O)c1ccccc1. The highest BCUT2D eigenvalue weighted by Crippen LogP contribution is 2.44. The minimum Gasteiger partial charge on any atom is -0.384 e. The Morgan fingerprint density at radius 1 is 1.16 bits per heavy atom. The average Bonchev–Trinajstić information content (AvgIpc) is 2.78. The van der Waals surface area contributed by atoms with Gasteiger partial charge >= 0.3 is 6.18 Å². The summed E-state index contributed by atoms with van der Waals surface area (Å²) in [5.74, 6) is -0.0261. The van der Waals surface area contributed by atoms with Gasteiger partial charge in [0.05, 0.1) is 17.8 Å². The fourth-order valence-corrected chi connectivity index (χ4v) is 4.43. The van der Waals surface area contributed by atoms with Crippen molar-refractivity contribution < 1.29 is 22.7 Å². The number of halogens is 3. The number of alkyl halides is 3. The van der Waals surface area contributed by atoms with E-state index in [0.29, 0.717) is 43.0 Å². The summed E-state index contributed by atoms with van der Waals surface area (Å²) in [5.41, 5.74) is 6.84. The molecule has 31 heavy (non-hydrogen) atoms. The zero-order valence-electron chi connectivity index (χ0n) is 17.1. The molecule has 2 aliphatic rings. The number of ether oxygens (including phenoxy) is 1. The maximum Gasteiger partial charge on any atom is 0.416 e. The Morgan fingerprint density at radius 2 is 1.94 bits per heavy atom. The van der Waals surface area contributed by atoms with E-state index in [1.54, 1.807) is 29.2 Å². The second-order valence-corrected chi connectivity index (χ2v) is 8.10. The second-order valence-electron chi connectivity index (χ2n) is 8.10. The standard InChI is InChI=1S/C23H26F3N3O2/c24-23(25,26)17-7-9-20-19(12-17)21-16(13-28-20)6-8-18(31-21)14-29(11-10-27)22(30)15-4-2-1-3-5-15/h1-5,7,9,12,16,18,21,28H,6,8,10-11,13-14,27H2. The lowest BCUT2D eigenvalue weighted by atomic mass is 9.83. The normalized spacial score (nSPS) is 22.8. The monoisotopic (exact) mass is 433 g/mol. The molecule has 2 aromatic rings. The Kier molecular flexibility index (Phi) is 6.20. The number of nitrogens with zero attached hydrogens (tertiary/aromatic N) is 1. The minimum absolute atomic E-state index is 0.0972. The lowest BCUT2D eigenvalue weighted by Crippen LogP contribution is -2.45. The van der Waals surface area contributed by atoms with E-state index in [1.165, 1.54) is 12.1 Å². The van der Waals surface area contributed by atoms with Crippen LogP contribution in [-0.4, -0.2) is 43.1 Å². The highest BCUT2D eigenvalue weighted by atomic mass is 19.4. The van der Waals surface area contributed by atoms with Gasteiger partial charge in [-0.2, -0.15) is 13.2 Å². The maximum absolute atomic E-state index is 13.2. The third-order valence-electron chi connectivity index (χ3n) is 6.00. The highest BCUT2D eigenvalue weighted by molar-refractivity contribution is 5.94. The van der Waals surface area contributed by atoms with Crippen molar-refractivity contribution in [3.8, 4) is 0 Å². The summed E-state index contributed by atoms with van der Waals surface area (Å²) in [6, 6.07) is 12.7. The van der Waals surface area contributed by atoms with Gasteiger partial charge in [-0.25, -0.2) is 0 Å². The molecule has 0 bridgehead atoms. The molecule has 166 valence electrons. The molecule has 0 spiro atoms. The van der Waals surface area contributed by atoms with Crippen LogP contribution in [0.5, 0.6) is 0 Å². The van der Waals surface area contributed by atoms with E-state index in [-0.39, 0.29) is 17.9 Å². The van der Waals surface area contributed by atoms with Gasteiger partial charge in [-0.3, -0.25) is 4.79 Å². The zero-order chi connectivity index (χ0) is 22.0. The molecule has 2 aromatic carbocycles. The Bertz CT molecular complexity index is 920. The summed E-state index contributed by atoms with van der Waals surface area (Å²) in [6.45, 7) is 1.72. The molecule has 1 fully saturated rings. The van der Waals surface area contributed by atoms with Crippen LogP contribution >= 0.6 is 0 Å². The fourth-order valence-electron chi connectivity index (χ4n) is 4.43. The molecular weight excluding hydrogens is 407 g/mol. The predicted octanol–water partition coefficient (Wildman–Crippen LogP) is 4.07.